The molecule has 0 atom stereocenters. The monoisotopic (exact) mass is 346 g/mol. The fraction of sp³-hybridized carbons (Fsp3) is 0.0588. The van der Waals surface area contributed by atoms with Gasteiger partial charge in [-0.3, -0.25) is 4.79 Å². The van der Waals surface area contributed by atoms with Crippen molar-refractivity contribution in [3.63, 3.8) is 0 Å². The van der Waals surface area contributed by atoms with Crippen LogP contribution in [0.2, 0.25) is 0 Å². The lowest BCUT2D eigenvalue weighted by Crippen LogP contribution is -2.15. The number of carbonyl (C=O) groups is 1. The molecular weight excluding hydrogens is 334 g/mol. The van der Waals surface area contributed by atoms with Crippen molar-refractivity contribution in [3.05, 3.63) is 66.4 Å². The summed E-state index contributed by atoms with van der Waals surface area (Å²) < 4.78 is 31.8. The second kappa shape index (κ2) is 7.27. The smallest absolute Gasteiger partial charge is 0.256 e. The molecule has 7 heteroatoms. The van der Waals surface area contributed by atoms with E-state index in [9.17, 15) is 13.6 Å². The van der Waals surface area contributed by atoms with E-state index < -0.39 is 17.5 Å². The lowest BCUT2D eigenvalue weighted by molar-refractivity contribution is -0.113. The van der Waals surface area contributed by atoms with Crippen LogP contribution in [-0.4, -0.2) is 16.6 Å². The van der Waals surface area contributed by atoms with E-state index in [0.29, 0.717) is 17.0 Å². The molecule has 0 spiro atoms. The van der Waals surface area contributed by atoms with Gasteiger partial charge in [-0.2, -0.15) is 0 Å². The summed E-state index contributed by atoms with van der Waals surface area (Å²) >= 11 is 1.09. The van der Waals surface area contributed by atoms with Gasteiger partial charge >= 0.3 is 0 Å². The van der Waals surface area contributed by atoms with Crippen LogP contribution >= 0.6 is 11.8 Å². The Hall–Kier alpha value is -2.67. The average Bonchev–Trinajstić information content (AvgIpc) is 3.05. The van der Waals surface area contributed by atoms with Crippen molar-refractivity contribution >= 4 is 23.4 Å². The molecule has 0 aliphatic heterocycles. The van der Waals surface area contributed by atoms with E-state index in [1.54, 1.807) is 6.20 Å². The standard InChI is InChI=1S/C17H12F2N2O2S/c18-12-6-7-14(13(19)8-12)21-16(22)10-24-17-20-9-15(23-17)11-4-2-1-3-5-11/h1-9H,10H2,(H,21,22). The minimum atomic E-state index is -0.823. The second-order valence-electron chi connectivity index (χ2n) is 4.82. The lowest BCUT2D eigenvalue weighted by Gasteiger charge is -2.05. The van der Waals surface area contributed by atoms with E-state index in [0.717, 1.165) is 23.4 Å². The molecule has 0 radical (unpaired) electrons. The van der Waals surface area contributed by atoms with Crippen LogP contribution < -0.4 is 5.32 Å². The normalized spacial score (nSPS) is 10.6. The highest BCUT2D eigenvalue weighted by Gasteiger charge is 2.11. The number of rotatable bonds is 5. The third kappa shape index (κ3) is 3.99. The molecule has 0 bridgehead atoms. The molecule has 0 aliphatic rings. The molecule has 0 unspecified atom stereocenters. The average molecular weight is 346 g/mol. The van der Waals surface area contributed by atoms with Gasteiger partial charge in [0.15, 0.2) is 5.76 Å². The van der Waals surface area contributed by atoms with Crippen LogP contribution in [0.4, 0.5) is 14.5 Å². The maximum Gasteiger partial charge on any atom is 0.256 e. The molecule has 122 valence electrons. The number of halogens is 2. The number of hydrogen-bond acceptors (Lipinski definition) is 4. The summed E-state index contributed by atoms with van der Waals surface area (Å²) in [5, 5.41) is 2.71. The zero-order chi connectivity index (χ0) is 16.9. The summed E-state index contributed by atoms with van der Waals surface area (Å²) in [6.45, 7) is 0. The highest BCUT2D eigenvalue weighted by atomic mass is 32.2. The first-order chi connectivity index (χ1) is 11.6. The molecule has 2 aromatic carbocycles. The summed E-state index contributed by atoms with van der Waals surface area (Å²) in [4.78, 5) is 15.9. The molecule has 4 nitrogen and oxygen atoms in total. The van der Waals surface area contributed by atoms with E-state index in [2.05, 4.69) is 10.3 Å². The van der Waals surface area contributed by atoms with Gasteiger partial charge in [0.2, 0.25) is 5.91 Å². The Bertz CT molecular complexity index is 853. The van der Waals surface area contributed by atoms with E-state index in [1.165, 1.54) is 6.07 Å². The van der Waals surface area contributed by atoms with Gasteiger partial charge in [0, 0.05) is 11.6 Å². The molecule has 0 aliphatic carbocycles. The Balaban J connectivity index is 1.58. The fourth-order valence-corrected chi connectivity index (χ4v) is 2.57. The Morgan fingerprint density at radius 2 is 1.96 bits per heavy atom. The predicted molar refractivity (Wildman–Crippen MR) is 87.7 cm³/mol. The maximum absolute atomic E-state index is 13.5. The molecule has 1 aromatic heterocycles. The minimum Gasteiger partial charge on any atom is -0.431 e. The van der Waals surface area contributed by atoms with E-state index in [4.69, 9.17) is 4.42 Å². The van der Waals surface area contributed by atoms with Crippen molar-refractivity contribution in [1.82, 2.24) is 4.98 Å². The predicted octanol–water partition coefficient (Wildman–Crippen LogP) is 4.35. The van der Waals surface area contributed by atoms with Gasteiger partial charge in [-0.1, -0.05) is 42.1 Å². The number of amides is 1. The van der Waals surface area contributed by atoms with Crippen molar-refractivity contribution < 1.29 is 18.0 Å². The number of nitrogens with zero attached hydrogens (tertiary/aromatic N) is 1. The number of hydrogen-bond donors (Lipinski definition) is 1. The van der Waals surface area contributed by atoms with Gasteiger partial charge in [0.1, 0.15) is 11.6 Å². The van der Waals surface area contributed by atoms with Gasteiger partial charge in [0.05, 0.1) is 17.6 Å². The molecule has 3 aromatic rings. The Labute approximate surface area is 140 Å². The molecule has 0 fully saturated rings. The van der Waals surface area contributed by atoms with Crippen LogP contribution in [0, 0.1) is 11.6 Å². The van der Waals surface area contributed by atoms with E-state index >= 15 is 0 Å². The minimum absolute atomic E-state index is 0.00837. The zero-order valence-electron chi connectivity index (χ0n) is 12.3. The van der Waals surface area contributed by atoms with Crippen molar-refractivity contribution in [2.45, 2.75) is 5.22 Å². The maximum atomic E-state index is 13.5. The van der Waals surface area contributed by atoms with Crippen LogP contribution in [-0.2, 0) is 4.79 Å². The quantitative estimate of drug-likeness (QED) is 0.698. The number of oxazole rings is 1. The third-order valence-electron chi connectivity index (χ3n) is 3.07. The highest BCUT2D eigenvalue weighted by molar-refractivity contribution is 7.99. The number of thioether (sulfide) groups is 1. The molecule has 1 heterocycles. The number of carbonyl (C=O) groups excluding carboxylic acids is 1. The number of benzene rings is 2. The number of aromatic nitrogens is 1. The third-order valence-corrected chi connectivity index (χ3v) is 3.92. The van der Waals surface area contributed by atoms with Crippen LogP contribution in [0.25, 0.3) is 11.3 Å². The van der Waals surface area contributed by atoms with Crippen molar-refractivity contribution in [1.29, 1.82) is 0 Å². The van der Waals surface area contributed by atoms with Crippen molar-refractivity contribution in [3.8, 4) is 11.3 Å². The van der Waals surface area contributed by atoms with Gasteiger partial charge in [0.25, 0.3) is 5.22 Å². The topological polar surface area (TPSA) is 55.1 Å². The summed E-state index contributed by atoms with van der Waals surface area (Å²) in [6.07, 6.45) is 1.58. The molecule has 0 saturated heterocycles. The van der Waals surface area contributed by atoms with Gasteiger partial charge < -0.3 is 9.73 Å². The first-order valence-electron chi connectivity index (χ1n) is 7.01. The Morgan fingerprint density at radius 3 is 2.71 bits per heavy atom. The lowest BCUT2D eigenvalue weighted by atomic mass is 10.2. The summed E-state index contributed by atoms with van der Waals surface area (Å²) in [6, 6.07) is 12.4. The first kappa shape index (κ1) is 16.2. The summed E-state index contributed by atoms with van der Waals surface area (Å²) in [7, 11) is 0. The van der Waals surface area contributed by atoms with Crippen LogP contribution in [0.15, 0.2) is 64.4 Å². The van der Waals surface area contributed by atoms with Gasteiger partial charge in [-0.15, -0.1) is 0 Å². The largest absolute Gasteiger partial charge is 0.431 e. The van der Waals surface area contributed by atoms with Crippen LogP contribution in [0.5, 0.6) is 0 Å². The molecular formula is C17H12F2N2O2S. The number of nitrogens with one attached hydrogen (secondary N) is 1. The van der Waals surface area contributed by atoms with E-state index in [-0.39, 0.29) is 11.4 Å². The van der Waals surface area contributed by atoms with Crippen LogP contribution in [0.3, 0.4) is 0 Å². The van der Waals surface area contributed by atoms with Gasteiger partial charge in [-0.25, -0.2) is 13.8 Å². The Kier molecular flexibility index (Phi) is 4.90. The van der Waals surface area contributed by atoms with E-state index in [1.807, 2.05) is 30.3 Å². The zero-order valence-corrected chi connectivity index (χ0v) is 13.1. The summed E-state index contributed by atoms with van der Waals surface area (Å²) in [5.74, 6) is -1.37. The first-order valence-corrected chi connectivity index (χ1v) is 7.99. The van der Waals surface area contributed by atoms with Gasteiger partial charge in [-0.05, 0) is 12.1 Å². The highest BCUT2D eigenvalue weighted by Crippen LogP contribution is 2.25. The molecule has 3 rings (SSSR count). The van der Waals surface area contributed by atoms with Crippen LogP contribution in [0.1, 0.15) is 0 Å². The molecule has 1 amide bonds. The van der Waals surface area contributed by atoms with Crippen molar-refractivity contribution in [2.75, 3.05) is 11.1 Å². The van der Waals surface area contributed by atoms with Crippen molar-refractivity contribution in [2.24, 2.45) is 0 Å². The number of anilines is 1. The Morgan fingerprint density at radius 1 is 1.17 bits per heavy atom. The fourth-order valence-electron chi connectivity index (χ4n) is 1.97. The summed E-state index contributed by atoms with van der Waals surface area (Å²) in [5.41, 5.74) is 0.814. The molecule has 1 N–H and O–H groups in total. The second-order valence-corrected chi connectivity index (χ2v) is 5.74. The molecule has 24 heavy (non-hydrogen) atoms. The molecule has 0 saturated carbocycles. The SMILES string of the molecule is O=C(CSc1ncc(-c2ccccc2)o1)Nc1ccc(F)cc1F.